The number of aryl methyl sites for hydroxylation is 1. The third-order valence-electron chi connectivity index (χ3n) is 6.53. The largest absolute Gasteiger partial charge is 0.416 e. The highest BCUT2D eigenvalue weighted by atomic mass is 35.5. The third-order valence-corrected chi connectivity index (χ3v) is 7.80. The smallest absolute Gasteiger partial charge is 0.326 e. The van der Waals surface area contributed by atoms with Crippen LogP contribution in [0.4, 0.5) is 39.0 Å². The van der Waals surface area contributed by atoms with Crippen molar-refractivity contribution in [3.05, 3.63) is 87.4 Å². The van der Waals surface area contributed by atoms with Crippen molar-refractivity contribution in [3.8, 4) is 0 Å². The summed E-state index contributed by atoms with van der Waals surface area (Å²) < 4.78 is 67.2. The number of anilines is 3. The summed E-state index contributed by atoms with van der Waals surface area (Å²) in [6.45, 7) is 2.96. The van der Waals surface area contributed by atoms with Gasteiger partial charge in [0.25, 0.3) is 5.91 Å². The molecule has 1 saturated carbocycles. The van der Waals surface area contributed by atoms with E-state index >= 15 is 0 Å². The van der Waals surface area contributed by atoms with Crippen LogP contribution in [-0.2, 0) is 15.8 Å². The van der Waals surface area contributed by atoms with Crippen LogP contribution in [0, 0.1) is 24.5 Å². The lowest BCUT2D eigenvalue weighted by molar-refractivity contribution is -0.137. The van der Waals surface area contributed by atoms with Gasteiger partial charge in [0, 0.05) is 18.0 Å². The van der Waals surface area contributed by atoms with Gasteiger partial charge >= 0.3 is 6.18 Å². The summed E-state index contributed by atoms with van der Waals surface area (Å²) in [4.78, 5) is 37.6. The van der Waals surface area contributed by atoms with Crippen molar-refractivity contribution >= 4 is 69.6 Å². The fourth-order valence-corrected chi connectivity index (χ4v) is 5.43. The highest BCUT2D eigenvalue weighted by Gasteiger charge is 2.67. The molecule has 3 amide bonds. The van der Waals surface area contributed by atoms with Crippen LogP contribution < -0.4 is 16.0 Å². The highest BCUT2D eigenvalue weighted by Crippen LogP contribution is 2.65. The van der Waals surface area contributed by atoms with Crippen molar-refractivity contribution in [1.82, 2.24) is 0 Å². The number of benzene rings is 3. The third kappa shape index (κ3) is 6.48. The van der Waals surface area contributed by atoms with Crippen LogP contribution in [-0.4, -0.2) is 22.1 Å². The number of nitrogens with one attached hydrogen (secondary N) is 3. The van der Waals surface area contributed by atoms with Gasteiger partial charge in [-0.05, 0) is 55.0 Å². The van der Waals surface area contributed by atoms with Gasteiger partial charge in [0.2, 0.25) is 11.8 Å². The molecule has 3 aromatic rings. The second kappa shape index (κ2) is 11.7. The van der Waals surface area contributed by atoms with Crippen LogP contribution in [0.5, 0.6) is 0 Å². The van der Waals surface area contributed by atoms with Crippen LogP contribution in [0.3, 0.4) is 0 Å². The number of rotatable bonds is 7. The molecule has 3 N–H and O–H groups in total. The highest BCUT2D eigenvalue weighted by molar-refractivity contribution is 6.53. The summed E-state index contributed by atoms with van der Waals surface area (Å²) >= 11 is 18.8. The molecule has 0 aliphatic heterocycles. The molecule has 4 rings (SSSR count). The SMILES string of the molecule is CCC(=O)Nc1c(F)ccc(NC(=O)c2cc(NC(=O)[C@H]3[C@H](c4cc(C)cc(C(F)(F)F)c4)C3(Cl)Cl)ccc2Cl)c1F. The molecule has 0 spiro atoms. The van der Waals surface area contributed by atoms with E-state index in [1.807, 2.05) is 0 Å². The molecule has 1 fully saturated rings. The number of hydrogen-bond acceptors (Lipinski definition) is 3. The molecule has 2 atom stereocenters. The zero-order chi connectivity index (χ0) is 31.1. The Balaban J connectivity index is 1.53. The number of hydrogen-bond donors (Lipinski definition) is 3. The van der Waals surface area contributed by atoms with E-state index in [4.69, 9.17) is 34.8 Å². The summed E-state index contributed by atoms with van der Waals surface area (Å²) in [6, 6.07) is 8.92. The van der Waals surface area contributed by atoms with E-state index in [2.05, 4.69) is 16.0 Å². The predicted octanol–water partition coefficient (Wildman–Crippen LogP) is 8.07. The molecule has 0 bridgehead atoms. The van der Waals surface area contributed by atoms with Crippen molar-refractivity contribution < 1.29 is 36.3 Å². The predicted molar refractivity (Wildman–Crippen MR) is 150 cm³/mol. The first-order valence-corrected chi connectivity index (χ1v) is 13.4. The normalized spacial score (nSPS) is 17.4. The topological polar surface area (TPSA) is 87.3 Å². The molecule has 6 nitrogen and oxygen atoms in total. The van der Waals surface area contributed by atoms with Crippen molar-refractivity contribution in [2.24, 2.45) is 5.92 Å². The standard InChI is InChI=1S/C28H21Cl3F5N3O3/c1-3-20(40)39-24-18(32)6-7-19(23(24)33)38-25(41)16-11-15(4-5-17(16)29)37-26(42)22-21(27(22,30)31)13-8-12(2)9-14(10-13)28(34,35)36/h4-11,21-22H,3H2,1-2H3,(H,37,42)(H,38,41)(H,39,40)/t21-,22+/m0/s1. The average Bonchev–Trinajstić information content (AvgIpc) is 3.50. The van der Waals surface area contributed by atoms with Gasteiger partial charge in [0.05, 0.1) is 27.8 Å². The minimum atomic E-state index is -4.61. The minimum absolute atomic E-state index is 0.0423. The zero-order valence-corrected chi connectivity index (χ0v) is 24.0. The Morgan fingerprint density at radius 2 is 1.64 bits per heavy atom. The molecule has 1 aliphatic rings. The van der Waals surface area contributed by atoms with Crippen LogP contribution >= 0.6 is 34.8 Å². The second-order valence-electron chi connectivity index (χ2n) is 9.58. The van der Waals surface area contributed by atoms with Crippen LogP contribution in [0.2, 0.25) is 5.02 Å². The Kier molecular flexibility index (Phi) is 8.78. The Bertz CT molecular complexity index is 1600. The quantitative estimate of drug-likeness (QED) is 0.179. The van der Waals surface area contributed by atoms with E-state index in [1.54, 1.807) is 0 Å². The van der Waals surface area contributed by atoms with Crippen LogP contribution in [0.15, 0.2) is 48.5 Å². The first kappa shape index (κ1) is 31.5. The van der Waals surface area contributed by atoms with Gasteiger partial charge in [-0.25, -0.2) is 8.78 Å². The maximum absolute atomic E-state index is 14.9. The monoisotopic (exact) mass is 647 g/mol. The molecule has 222 valence electrons. The van der Waals surface area contributed by atoms with E-state index in [9.17, 15) is 36.3 Å². The molecule has 0 saturated heterocycles. The molecule has 1 aliphatic carbocycles. The van der Waals surface area contributed by atoms with E-state index in [0.29, 0.717) is 5.56 Å². The molecule has 14 heteroatoms. The first-order chi connectivity index (χ1) is 19.5. The molecule has 0 aromatic heterocycles. The fourth-order valence-electron chi connectivity index (χ4n) is 4.40. The van der Waals surface area contributed by atoms with Gasteiger partial charge in [-0.15, -0.1) is 23.2 Å². The van der Waals surface area contributed by atoms with Gasteiger partial charge in [-0.2, -0.15) is 13.2 Å². The van der Waals surface area contributed by atoms with Gasteiger partial charge in [0.1, 0.15) is 15.8 Å². The first-order valence-electron chi connectivity index (χ1n) is 12.3. The zero-order valence-electron chi connectivity index (χ0n) is 21.7. The number of amides is 3. The molecule has 0 radical (unpaired) electrons. The lowest BCUT2D eigenvalue weighted by atomic mass is 10.0. The lowest BCUT2D eigenvalue weighted by Gasteiger charge is -2.13. The minimum Gasteiger partial charge on any atom is -0.326 e. The fraction of sp³-hybridized carbons (Fsp3) is 0.250. The number of carbonyl (C=O) groups excluding carboxylic acids is 3. The molecule has 0 unspecified atom stereocenters. The Morgan fingerprint density at radius 3 is 2.29 bits per heavy atom. The summed E-state index contributed by atoms with van der Waals surface area (Å²) in [7, 11) is 0. The molecular formula is C28H21Cl3F5N3O3. The van der Waals surface area contributed by atoms with Crippen molar-refractivity contribution in [2.75, 3.05) is 16.0 Å². The van der Waals surface area contributed by atoms with Crippen LogP contribution in [0.1, 0.15) is 46.3 Å². The maximum Gasteiger partial charge on any atom is 0.416 e. The van der Waals surface area contributed by atoms with Gasteiger partial charge < -0.3 is 16.0 Å². The molecule has 3 aromatic carbocycles. The average molecular weight is 649 g/mol. The summed E-state index contributed by atoms with van der Waals surface area (Å²) in [5.41, 5.74) is -1.81. The van der Waals surface area contributed by atoms with Crippen molar-refractivity contribution in [2.45, 2.75) is 36.7 Å². The van der Waals surface area contributed by atoms with Gasteiger partial charge in [-0.1, -0.05) is 30.2 Å². The molecular weight excluding hydrogens is 628 g/mol. The van der Waals surface area contributed by atoms with Gasteiger partial charge in [-0.3, -0.25) is 14.4 Å². The van der Waals surface area contributed by atoms with Crippen molar-refractivity contribution in [3.63, 3.8) is 0 Å². The summed E-state index contributed by atoms with van der Waals surface area (Å²) in [5.74, 6) is -6.65. The molecule has 42 heavy (non-hydrogen) atoms. The van der Waals surface area contributed by atoms with Crippen LogP contribution in [0.25, 0.3) is 0 Å². The number of halogens is 8. The molecule has 0 heterocycles. The summed E-state index contributed by atoms with van der Waals surface area (Å²) in [5, 5.41) is 6.77. The Hall–Kier alpha value is -3.41. The van der Waals surface area contributed by atoms with E-state index in [-0.39, 0.29) is 28.3 Å². The maximum atomic E-state index is 14.9. The number of carbonyl (C=O) groups is 3. The Labute approximate surface area is 251 Å². The van der Waals surface area contributed by atoms with E-state index < -0.39 is 68.6 Å². The number of alkyl halides is 5. The summed E-state index contributed by atoms with van der Waals surface area (Å²) in [6.07, 6.45) is -4.66. The van der Waals surface area contributed by atoms with Crippen molar-refractivity contribution in [1.29, 1.82) is 0 Å². The Morgan fingerprint density at radius 1 is 0.952 bits per heavy atom. The van der Waals surface area contributed by atoms with Gasteiger partial charge in [0.15, 0.2) is 5.82 Å². The van der Waals surface area contributed by atoms with E-state index in [0.717, 1.165) is 24.3 Å². The van der Waals surface area contributed by atoms with E-state index in [1.165, 1.54) is 38.1 Å². The second-order valence-corrected chi connectivity index (χ2v) is 11.4. The lowest BCUT2D eigenvalue weighted by Crippen LogP contribution is -2.19.